The molecule has 2 unspecified atom stereocenters. The number of hydrogen-bond donors (Lipinski definition) is 1. The summed E-state index contributed by atoms with van der Waals surface area (Å²) in [5, 5.41) is 9.13. The van der Waals surface area contributed by atoms with Crippen LogP contribution in [0.1, 0.15) is 47.5 Å². The molecule has 25 heavy (non-hydrogen) atoms. The van der Waals surface area contributed by atoms with Gasteiger partial charge in [-0.2, -0.15) is 0 Å². The number of halogens is 2. The van der Waals surface area contributed by atoms with Gasteiger partial charge in [0, 0.05) is 6.54 Å². The minimum Gasteiger partial charge on any atom is -0.465 e. The van der Waals surface area contributed by atoms with Crippen molar-refractivity contribution in [3.8, 4) is 0 Å². The molecule has 6 nitrogen and oxygen atoms in total. The lowest BCUT2D eigenvalue weighted by Crippen LogP contribution is -2.47. The molecule has 144 valence electrons. The third kappa shape index (κ3) is 4.22. The highest BCUT2D eigenvalue weighted by molar-refractivity contribution is 5.76. The molecule has 2 rings (SSSR count). The van der Waals surface area contributed by atoms with E-state index in [2.05, 4.69) is 0 Å². The van der Waals surface area contributed by atoms with Gasteiger partial charge in [0.1, 0.15) is 5.60 Å². The van der Waals surface area contributed by atoms with Gasteiger partial charge in [0.25, 0.3) is 5.92 Å². The highest BCUT2D eigenvalue weighted by Crippen LogP contribution is 2.42. The summed E-state index contributed by atoms with van der Waals surface area (Å²) in [7, 11) is 0. The zero-order chi connectivity index (χ0) is 19.2. The van der Waals surface area contributed by atoms with Gasteiger partial charge in [0.15, 0.2) is 0 Å². The number of likely N-dealkylation sites (tertiary alicyclic amines) is 2. The molecule has 0 radical (unpaired) electrons. The molecule has 0 bridgehead atoms. The average molecular weight is 362 g/mol. The summed E-state index contributed by atoms with van der Waals surface area (Å²) in [5.74, 6) is -3.43. The van der Waals surface area contributed by atoms with E-state index in [4.69, 9.17) is 9.84 Å². The predicted octanol–water partition coefficient (Wildman–Crippen LogP) is 2.82. The summed E-state index contributed by atoms with van der Waals surface area (Å²) in [6.07, 6.45) is -0.545. The molecule has 0 spiro atoms. The van der Waals surface area contributed by atoms with Crippen molar-refractivity contribution in [2.24, 2.45) is 5.41 Å². The van der Waals surface area contributed by atoms with Crippen LogP contribution in [0.25, 0.3) is 0 Å². The fourth-order valence-electron chi connectivity index (χ4n) is 3.55. The summed E-state index contributed by atoms with van der Waals surface area (Å²) >= 11 is 0. The van der Waals surface area contributed by atoms with Crippen LogP contribution in [0.5, 0.6) is 0 Å². The molecule has 0 aromatic heterocycles. The zero-order valence-electron chi connectivity index (χ0n) is 15.5. The monoisotopic (exact) mass is 362 g/mol. The van der Waals surface area contributed by atoms with E-state index in [0.717, 1.165) is 4.90 Å². The van der Waals surface area contributed by atoms with Crippen molar-refractivity contribution in [3.63, 3.8) is 0 Å². The first kappa shape index (κ1) is 19.9. The maximum Gasteiger partial charge on any atom is 0.407 e. The Morgan fingerprint density at radius 3 is 2.36 bits per heavy atom. The van der Waals surface area contributed by atoms with Gasteiger partial charge < -0.3 is 9.84 Å². The summed E-state index contributed by atoms with van der Waals surface area (Å²) in [4.78, 5) is 26.0. The molecule has 0 aromatic rings. The van der Waals surface area contributed by atoms with E-state index < -0.39 is 41.7 Å². The van der Waals surface area contributed by atoms with Crippen LogP contribution in [-0.4, -0.2) is 70.2 Å². The molecule has 2 heterocycles. The van der Waals surface area contributed by atoms with Gasteiger partial charge in [-0.15, -0.1) is 0 Å². The SMILES string of the molecule is CC(C)(C)OC(=O)C(C)(C)CCN1CCC2C1C(F)(F)CN2C(=O)O. The summed E-state index contributed by atoms with van der Waals surface area (Å²) in [6, 6.07) is -1.80. The number of rotatable bonds is 4. The smallest absolute Gasteiger partial charge is 0.407 e. The molecule has 0 aromatic carbocycles. The van der Waals surface area contributed by atoms with Gasteiger partial charge in [-0.1, -0.05) is 0 Å². The van der Waals surface area contributed by atoms with E-state index in [1.54, 1.807) is 39.5 Å². The Bertz CT molecular complexity index is 545. The van der Waals surface area contributed by atoms with Crippen LogP contribution in [0.15, 0.2) is 0 Å². The van der Waals surface area contributed by atoms with E-state index >= 15 is 0 Å². The topological polar surface area (TPSA) is 70.1 Å². The van der Waals surface area contributed by atoms with Crippen LogP contribution in [0.3, 0.4) is 0 Å². The first-order valence-electron chi connectivity index (χ1n) is 8.59. The number of ether oxygens (including phenoxy) is 1. The van der Waals surface area contributed by atoms with Gasteiger partial charge in [-0.25, -0.2) is 13.6 Å². The first-order chi connectivity index (χ1) is 11.2. The normalized spacial score (nSPS) is 26.6. The summed E-state index contributed by atoms with van der Waals surface area (Å²) in [6.45, 7) is 8.78. The van der Waals surface area contributed by atoms with Crippen LogP contribution in [0.4, 0.5) is 13.6 Å². The van der Waals surface area contributed by atoms with Crippen LogP contribution >= 0.6 is 0 Å². The van der Waals surface area contributed by atoms with Gasteiger partial charge in [0.05, 0.1) is 24.0 Å². The molecular weight excluding hydrogens is 334 g/mol. The number of fused-ring (bicyclic) bond motifs is 1. The largest absolute Gasteiger partial charge is 0.465 e. The number of alkyl halides is 2. The Labute approximate surface area is 147 Å². The fraction of sp³-hybridized carbons (Fsp3) is 0.882. The molecule has 0 saturated carbocycles. The first-order valence-corrected chi connectivity index (χ1v) is 8.59. The molecule has 1 N–H and O–H groups in total. The van der Waals surface area contributed by atoms with Crippen molar-refractivity contribution in [2.45, 2.75) is 71.1 Å². The maximum atomic E-state index is 14.3. The van der Waals surface area contributed by atoms with E-state index in [-0.39, 0.29) is 5.97 Å². The van der Waals surface area contributed by atoms with Crippen LogP contribution < -0.4 is 0 Å². The second-order valence-corrected chi connectivity index (χ2v) is 8.64. The molecule has 8 heteroatoms. The van der Waals surface area contributed by atoms with Crippen molar-refractivity contribution in [2.75, 3.05) is 19.6 Å². The molecule has 2 aliphatic heterocycles. The third-order valence-corrected chi connectivity index (χ3v) is 4.91. The predicted molar refractivity (Wildman–Crippen MR) is 87.7 cm³/mol. The second-order valence-electron chi connectivity index (χ2n) is 8.64. The van der Waals surface area contributed by atoms with E-state index in [9.17, 15) is 18.4 Å². The highest BCUT2D eigenvalue weighted by atomic mass is 19.3. The number of amides is 1. The standard InChI is InChI=1S/C17H28F2N2O4/c1-15(2,3)25-13(22)16(4,5)7-9-20-8-6-11-12(20)17(18,19)10-21(11)14(23)24/h11-12H,6-10H2,1-5H3,(H,23,24). The summed E-state index contributed by atoms with van der Waals surface area (Å²) in [5.41, 5.74) is -1.40. The molecule has 2 saturated heterocycles. The number of carbonyl (C=O) groups excluding carboxylic acids is 1. The Morgan fingerprint density at radius 2 is 1.84 bits per heavy atom. The molecule has 0 aliphatic carbocycles. The van der Waals surface area contributed by atoms with Crippen molar-refractivity contribution in [1.29, 1.82) is 0 Å². The van der Waals surface area contributed by atoms with Crippen LogP contribution in [0.2, 0.25) is 0 Å². The molecular formula is C17H28F2N2O4. The molecule has 2 fully saturated rings. The Hall–Kier alpha value is -1.44. The van der Waals surface area contributed by atoms with Gasteiger partial charge in [0.2, 0.25) is 0 Å². The van der Waals surface area contributed by atoms with Gasteiger partial charge >= 0.3 is 12.1 Å². The number of carbonyl (C=O) groups is 2. The van der Waals surface area contributed by atoms with Crippen molar-refractivity contribution in [3.05, 3.63) is 0 Å². The fourth-order valence-corrected chi connectivity index (χ4v) is 3.55. The lowest BCUT2D eigenvalue weighted by molar-refractivity contribution is -0.166. The Morgan fingerprint density at radius 1 is 1.24 bits per heavy atom. The average Bonchev–Trinajstić information content (AvgIpc) is 2.95. The molecule has 1 amide bonds. The maximum absolute atomic E-state index is 14.3. The number of hydrogen-bond acceptors (Lipinski definition) is 4. The van der Waals surface area contributed by atoms with Gasteiger partial charge in [-0.05, 0) is 54.0 Å². The van der Waals surface area contributed by atoms with Gasteiger partial charge in [-0.3, -0.25) is 14.6 Å². The van der Waals surface area contributed by atoms with Crippen molar-refractivity contribution in [1.82, 2.24) is 9.80 Å². The molecule has 2 atom stereocenters. The van der Waals surface area contributed by atoms with Crippen molar-refractivity contribution < 1.29 is 28.2 Å². The van der Waals surface area contributed by atoms with Crippen LogP contribution in [-0.2, 0) is 9.53 Å². The summed E-state index contributed by atoms with van der Waals surface area (Å²) < 4.78 is 34.0. The second kappa shape index (κ2) is 6.37. The van der Waals surface area contributed by atoms with Crippen molar-refractivity contribution >= 4 is 12.1 Å². The Kier molecular flexibility index (Phi) is 5.07. The number of esters is 1. The number of carboxylic acid groups (broad SMARTS) is 1. The lowest BCUT2D eigenvalue weighted by atomic mass is 9.88. The minimum atomic E-state index is -3.07. The van der Waals surface area contributed by atoms with E-state index in [1.807, 2.05) is 0 Å². The Balaban J connectivity index is 2.02. The third-order valence-electron chi connectivity index (χ3n) is 4.91. The van der Waals surface area contributed by atoms with E-state index in [1.165, 1.54) is 0 Å². The van der Waals surface area contributed by atoms with E-state index in [0.29, 0.717) is 25.9 Å². The number of nitrogens with zero attached hydrogens (tertiary/aromatic N) is 2. The highest BCUT2D eigenvalue weighted by Gasteiger charge is 2.60. The molecule has 2 aliphatic rings. The quantitative estimate of drug-likeness (QED) is 0.779. The lowest BCUT2D eigenvalue weighted by Gasteiger charge is -2.32. The minimum absolute atomic E-state index is 0.302. The van der Waals surface area contributed by atoms with Crippen LogP contribution in [0, 0.1) is 5.41 Å². The zero-order valence-corrected chi connectivity index (χ0v) is 15.5.